The zero-order chi connectivity index (χ0) is 13.3. The lowest BCUT2D eigenvalue weighted by Crippen LogP contribution is -2.23. The molecule has 100 valence electrons. The molecule has 0 saturated heterocycles. The van der Waals surface area contributed by atoms with E-state index in [1.165, 1.54) is 0 Å². The first-order valence-electron chi connectivity index (χ1n) is 6.46. The Balaban J connectivity index is 3.99. The van der Waals surface area contributed by atoms with Gasteiger partial charge in [-0.3, -0.25) is 9.59 Å². The van der Waals surface area contributed by atoms with Crippen LogP contribution in [0.5, 0.6) is 0 Å². The number of rotatable bonds is 8. The van der Waals surface area contributed by atoms with Crippen molar-refractivity contribution in [3.8, 4) is 0 Å². The molecule has 4 nitrogen and oxygen atoms in total. The second-order valence-corrected chi connectivity index (χ2v) is 4.03. The standard InChI is InChI=1S/C13H24O4/c1-5-10(6-2)16-12(14)9-13(15)17-11(7-3)8-4/h10-11H,5-9H2,1-4H3. The largest absolute Gasteiger partial charge is 0.462 e. The van der Waals surface area contributed by atoms with Gasteiger partial charge in [0, 0.05) is 0 Å². The summed E-state index contributed by atoms with van der Waals surface area (Å²) in [4.78, 5) is 22.8. The zero-order valence-electron chi connectivity index (χ0n) is 11.3. The normalized spacial score (nSPS) is 10.7. The molecule has 0 bridgehead atoms. The Morgan fingerprint density at radius 1 is 0.765 bits per heavy atom. The SMILES string of the molecule is CCC(CC)OC(=O)CC(=O)OC(CC)CC. The van der Waals surface area contributed by atoms with Crippen LogP contribution in [0.3, 0.4) is 0 Å². The number of esters is 2. The summed E-state index contributed by atoms with van der Waals surface area (Å²) in [6.45, 7) is 7.79. The van der Waals surface area contributed by atoms with Crippen LogP contribution >= 0.6 is 0 Å². The van der Waals surface area contributed by atoms with Crippen molar-refractivity contribution in [3.63, 3.8) is 0 Å². The van der Waals surface area contributed by atoms with Gasteiger partial charge in [0.25, 0.3) is 0 Å². The Hall–Kier alpha value is -1.06. The third-order valence-electron chi connectivity index (χ3n) is 2.71. The van der Waals surface area contributed by atoms with Crippen molar-refractivity contribution in [1.82, 2.24) is 0 Å². The predicted molar refractivity (Wildman–Crippen MR) is 65.5 cm³/mol. The average Bonchev–Trinajstić information content (AvgIpc) is 2.32. The van der Waals surface area contributed by atoms with Gasteiger partial charge in [-0.1, -0.05) is 27.7 Å². The minimum atomic E-state index is -0.491. The maximum atomic E-state index is 11.4. The van der Waals surface area contributed by atoms with E-state index in [-0.39, 0.29) is 18.6 Å². The maximum absolute atomic E-state index is 11.4. The Kier molecular flexibility index (Phi) is 8.46. The molecule has 0 aromatic rings. The molecule has 0 unspecified atom stereocenters. The minimum absolute atomic E-state index is 0.0940. The highest BCUT2D eigenvalue weighted by atomic mass is 16.6. The van der Waals surface area contributed by atoms with Gasteiger partial charge in [-0.25, -0.2) is 0 Å². The zero-order valence-corrected chi connectivity index (χ0v) is 11.3. The molecule has 0 aromatic carbocycles. The van der Waals surface area contributed by atoms with Crippen LogP contribution in [0.15, 0.2) is 0 Å². The summed E-state index contributed by atoms with van der Waals surface area (Å²) >= 11 is 0. The number of ether oxygens (including phenoxy) is 2. The van der Waals surface area contributed by atoms with Gasteiger partial charge in [0.2, 0.25) is 0 Å². The number of hydrogen-bond donors (Lipinski definition) is 0. The molecule has 17 heavy (non-hydrogen) atoms. The molecule has 0 aromatic heterocycles. The summed E-state index contributed by atoms with van der Waals surface area (Å²) in [6.07, 6.45) is 2.60. The van der Waals surface area contributed by atoms with Crippen molar-refractivity contribution in [3.05, 3.63) is 0 Å². The summed E-state index contributed by atoms with van der Waals surface area (Å²) in [7, 11) is 0. The molecule has 0 atom stereocenters. The lowest BCUT2D eigenvalue weighted by Gasteiger charge is -2.16. The van der Waals surface area contributed by atoms with Gasteiger partial charge in [-0.15, -0.1) is 0 Å². The van der Waals surface area contributed by atoms with E-state index in [4.69, 9.17) is 9.47 Å². The van der Waals surface area contributed by atoms with E-state index in [0.29, 0.717) is 0 Å². The van der Waals surface area contributed by atoms with E-state index < -0.39 is 11.9 Å². The fraction of sp³-hybridized carbons (Fsp3) is 0.846. The highest BCUT2D eigenvalue weighted by Gasteiger charge is 2.18. The Morgan fingerprint density at radius 3 is 1.29 bits per heavy atom. The van der Waals surface area contributed by atoms with Crippen LogP contribution in [0.1, 0.15) is 59.8 Å². The first-order chi connectivity index (χ1) is 8.07. The highest BCUT2D eigenvalue weighted by molar-refractivity contribution is 5.91. The molecule has 0 radical (unpaired) electrons. The Labute approximate surface area is 104 Å². The predicted octanol–water partition coefficient (Wildman–Crippen LogP) is 2.84. The van der Waals surface area contributed by atoms with E-state index in [1.54, 1.807) is 0 Å². The first kappa shape index (κ1) is 15.9. The lowest BCUT2D eigenvalue weighted by molar-refractivity contribution is -0.160. The second-order valence-electron chi connectivity index (χ2n) is 4.03. The Bertz CT molecular complexity index is 206. The summed E-state index contributed by atoms with van der Waals surface area (Å²) in [5.74, 6) is -0.982. The fourth-order valence-electron chi connectivity index (χ4n) is 1.48. The molecule has 0 aliphatic heterocycles. The summed E-state index contributed by atoms with van der Waals surface area (Å²) in [5, 5.41) is 0. The molecule has 0 spiro atoms. The van der Waals surface area contributed by atoms with Crippen molar-refractivity contribution in [2.24, 2.45) is 0 Å². The van der Waals surface area contributed by atoms with Crippen molar-refractivity contribution >= 4 is 11.9 Å². The summed E-state index contributed by atoms with van der Waals surface area (Å²) < 4.78 is 10.3. The summed E-state index contributed by atoms with van der Waals surface area (Å²) in [6, 6.07) is 0. The summed E-state index contributed by atoms with van der Waals surface area (Å²) in [5.41, 5.74) is 0. The molecular weight excluding hydrogens is 220 g/mol. The van der Waals surface area contributed by atoms with E-state index in [9.17, 15) is 9.59 Å². The van der Waals surface area contributed by atoms with Crippen LogP contribution < -0.4 is 0 Å². The van der Waals surface area contributed by atoms with Crippen LogP contribution in [-0.2, 0) is 19.1 Å². The molecule has 0 amide bonds. The molecule has 0 N–H and O–H groups in total. The number of carbonyl (C=O) groups is 2. The monoisotopic (exact) mass is 244 g/mol. The number of hydrogen-bond acceptors (Lipinski definition) is 4. The van der Waals surface area contributed by atoms with E-state index in [2.05, 4.69) is 0 Å². The van der Waals surface area contributed by atoms with Gasteiger partial charge in [0.05, 0.1) is 0 Å². The van der Waals surface area contributed by atoms with Gasteiger partial charge in [-0.2, -0.15) is 0 Å². The lowest BCUT2D eigenvalue weighted by atomic mass is 10.2. The van der Waals surface area contributed by atoms with Gasteiger partial charge in [0.15, 0.2) is 0 Å². The van der Waals surface area contributed by atoms with E-state index in [1.807, 2.05) is 27.7 Å². The molecule has 0 rings (SSSR count). The van der Waals surface area contributed by atoms with Crippen molar-refractivity contribution in [2.45, 2.75) is 72.0 Å². The quantitative estimate of drug-likeness (QED) is 0.486. The first-order valence-corrected chi connectivity index (χ1v) is 6.46. The second kappa shape index (κ2) is 9.02. The average molecular weight is 244 g/mol. The molecule has 0 aliphatic carbocycles. The molecular formula is C13H24O4. The van der Waals surface area contributed by atoms with Crippen LogP contribution in [0.25, 0.3) is 0 Å². The van der Waals surface area contributed by atoms with Gasteiger partial charge in [0.1, 0.15) is 18.6 Å². The van der Waals surface area contributed by atoms with Crippen molar-refractivity contribution in [1.29, 1.82) is 0 Å². The van der Waals surface area contributed by atoms with Gasteiger partial charge in [-0.05, 0) is 25.7 Å². The third-order valence-corrected chi connectivity index (χ3v) is 2.71. The molecule has 0 heterocycles. The molecule has 0 saturated carbocycles. The molecule has 4 heteroatoms. The van der Waals surface area contributed by atoms with E-state index >= 15 is 0 Å². The van der Waals surface area contributed by atoms with E-state index in [0.717, 1.165) is 25.7 Å². The molecule has 0 fully saturated rings. The number of carbonyl (C=O) groups excluding carboxylic acids is 2. The third kappa shape index (κ3) is 6.97. The van der Waals surface area contributed by atoms with Crippen LogP contribution in [0.2, 0.25) is 0 Å². The highest BCUT2D eigenvalue weighted by Crippen LogP contribution is 2.07. The fourth-order valence-corrected chi connectivity index (χ4v) is 1.48. The van der Waals surface area contributed by atoms with Crippen molar-refractivity contribution < 1.29 is 19.1 Å². The van der Waals surface area contributed by atoms with Crippen LogP contribution in [-0.4, -0.2) is 24.1 Å². The molecule has 0 aliphatic rings. The van der Waals surface area contributed by atoms with Crippen molar-refractivity contribution in [2.75, 3.05) is 0 Å². The van der Waals surface area contributed by atoms with Crippen LogP contribution in [0, 0.1) is 0 Å². The maximum Gasteiger partial charge on any atom is 0.317 e. The van der Waals surface area contributed by atoms with Crippen LogP contribution in [0.4, 0.5) is 0 Å². The van der Waals surface area contributed by atoms with Gasteiger partial charge < -0.3 is 9.47 Å². The Morgan fingerprint density at radius 2 is 1.06 bits per heavy atom. The minimum Gasteiger partial charge on any atom is -0.462 e. The van der Waals surface area contributed by atoms with Gasteiger partial charge >= 0.3 is 11.9 Å². The topological polar surface area (TPSA) is 52.6 Å². The smallest absolute Gasteiger partial charge is 0.317 e.